The lowest BCUT2D eigenvalue weighted by Crippen LogP contribution is -2.10. The predicted octanol–water partition coefficient (Wildman–Crippen LogP) is 4.09. The first-order chi connectivity index (χ1) is 11.7. The average molecular weight is 336 g/mol. The van der Waals surface area contributed by atoms with Crippen LogP contribution in [-0.2, 0) is 9.53 Å². The van der Waals surface area contributed by atoms with Crippen LogP contribution in [0, 0.1) is 0 Å². The fourth-order valence-electron chi connectivity index (χ4n) is 2.93. The molecule has 0 N–H and O–H groups in total. The Bertz CT molecular complexity index is 898. The van der Waals surface area contributed by atoms with E-state index in [1.54, 1.807) is 0 Å². The topological polar surface area (TPSA) is 52.1 Å². The lowest BCUT2D eigenvalue weighted by atomic mass is 10.1. The Hall–Kier alpha value is -2.40. The van der Waals surface area contributed by atoms with Crippen LogP contribution in [0.4, 0.5) is 0 Å². The largest absolute Gasteiger partial charge is 0.462 e. The maximum Gasteiger partial charge on any atom is 0.319 e. The summed E-state index contributed by atoms with van der Waals surface area (Å²) in [7, 11) is 0. The number of hydrogen-bond donors (Lipinski definition) is 0. The van der Waals surface area contributed by atoms with E-state index in [4.69, 9.17) is 4.74 Å². The van der Waals surface area contributed by atoms with E-state index in [1.807, 2.05) is 61.5 Å². The van der Waals surface area contributed by atoms with Gasteiger partial charge in [-0.3, -0.25) is 4.79 Å². The Labute approximate surface area is 144 Å². The highest BCUT2D eigenvalue weighted by molar-refractivity contribution is 8.00. The van der Waals surface area contributed by atoms with E-state index in [0.29, 0.717) is 6.42 Å². The van der Waals surface area contributed by atoms with Gasteiger partial charge in [0.25, 0.3) is 0 Å². The Morgan fingerprint density at radius 3 is 2.42 bits per heavy atom. The normalized spacial score (nSPS) is 20.3. The number of rotatable bonds is 3. The summed E-state index contributed by atoms with van der Waals surface area (Å²) >= 11 is 1.45. The molecule has 1 aliphatic rings. The molecule has 1 saturated heterocycles. The van der Waals surface area contributed by atoms with Gasteiger partial charge < -0.3 is 4.74 Å². The fraction of sp³-hybridized carbons (Fsp3) is 0.211. The van der Waals surface area contributed by atoms with Crippen molar-refractivity contribution in [3.8, 4) is 11.3 Å². The van der Waals surface area contributed by atoms with Crippen molar-refractivity contribution in [2.45, 2.75) is 29.7 Å². The van der Waals surface area contributed by atoms with Crippen molar-refractivity contribution in [3.05, 3.63) is 54.6 Å². The second-order valence-electron chi connectivity index (χ2n) is 5.86. The van der Waals surface area contributed by atoms with Gasteiger partial charge in [0.05, 0.1) is 0 Å². The molecule has 4 nitrogen and oxygen atoms in total. The zero-order chi connectivity index (χ0) is 16.5. The second-order valence-corrected chi connectivity index (χ2v) is 7.05. The van der Waals surface area contributed by atoms with Crippen LogP contribution in [0.3, 0.4) is 0 Å². The third-order valence-corrected chi connectivity index (χ3v) is 5.28. The first-order valence-electron chi connectivity index (χ1n) is 7.90. The van der Waals surface area contributed by atoms with Crippen LogP contribution in [0.5, 0.6) is 0 Å². The molecule has 24 heavy (non-hydrogen) atoms. The van der Waals surface area contributed by atoms with Crippen LogP contribution >= 0.6 is 11.8 Å². The molecule has 1 aromatic heterocycles. The summed E-state index contributed by atoms with van der Waals surface area (Å²) in [6.07, 6.45) is 0.678. The molecule has 4 rings (SSSR count). The van der Waals surface area contributed by atoms with Gasteiger partial charge in [-0.05, 0) is 6.92 Å². The van der Waals surface area contributed by atoms with Crippen molar-refractivity contribution >= 4 is 28.5 Å². The van der Waals surface area contributed by atoms with Crippen LogP contribution < -0.4 is 0 Å². The van der Waals surface area contributed by atoms with Crippen LogP contribution in [0.25, 0.3) is 22.0 Å². The van der Waals surface area contributed by atoms with Gasteiger partial charge in [-0.1, -0.05) is 66.4 Å². The lowest BCUT2D eigenvalue weighted by molar-refractivity contribution is -0.140. The molecule has 0 amide bonds. The highest BCUT2D eigenvalue weighted by atomic mass is 32.2. The van der Waals surface area contributed by atoms with E-state index in [0.717, 1.165) is 27.1 Å². The fourth-order valence-corrected chi connectivity index (χ4v) is 4.11. The summed E-state index contributed by atoms with van der Waals surface area (Å²) in [4.78, 5) is 11.9. The molecule has 120 valence electrons. The van der Waals surface area contributed by atoms with Gasteiger partial charge in [-0.15, -0.1) is 10.2 Å². The van der Waals surface area contributed by atoms with E-state index in [9.17, 15) is 4.79 Å². The smallest absolute Gasteiger partial charge is 0.319 e. The van der Waals surface area contributed by atoms with Crippen LogP contribution in [0.15, 0.2) is 59.6 Å². The number of fused-ring (bicyclic) bond motifs is 1. The SMILES string of the molecule is C[C@H]1C[C@@H](Sc2nnc(-c3ccccc3)c3ccccc23)C(=O)O1. The highest BCUT2D eigenvalue weighted by Crippen LogP contribution is 2.36. The van der Waals surface area contributed by atoms with E-state index < -0.39 is 0 Å². The molecule has 0 spiro atoms. The summed E-state index contributed by atoms with van der Waals surface area (Å²) < 4.78 is 5.24. The van der Waals surface area contributed by atoms with Gasteiger partial charge in [0.15, 0.2) is 0 Å². The van der Waals surface area contributed by atoms with Crippen molar-refractivity contribution in [1.82, 2.24) is 10.2 Å². The summed E-state index contributed by atoms with van der Waals surface area (Å²) in [6, 6.07) is 18.1. The number of thioether (sulfide) groups is 1. The first kappa shape index (κ1) is 15.1. The molecule has 0 radical (unpaired) electrons. The van der Waals surface area contributed by atoms with Gasteiger partial charge in [0.2, 0.25) is 0 Å². The molecule has 1 aliphatic heterocycles. The summed E-state index contributed by atoms with van der Waals surface area (Å²) in [6.45, 7) is 1.92. The summed E-state index contributed by atoms with van der Waals surface area (Å²) in [5, 5.41) is 11.5. The number of aromatic nitrogens is 2. The van der Waals surface area contributed by atoms with Gasteiger partial charge in [-0.2, -0.15) is 0 Å². The number of cyclic esters (lactones) is 1. The Morgan fingerprint density at radius 1 is 1.00 bits per heavy atom. The molecule has 2 heterocycles. The molecule has 2 aromatic carbocycles. The summed E-state index contributed by atoms with van der Waals surface area (Å²) in [5.74, 6) is -0.162. The molecular weight excluding hydrogens is 320 g/mol. The van der Waals surface area contributed by atoms with Crippen molar-refractivity contribution in [2.75, 3.05) is 0 Å². The minimum atomic E-state index is -0.208. The van der Waals surface area contributed by atoms with Crippen LogP contribution in [-0.4, -0.2) is 27.5 Å². The van der Waals surface area contributed by atoms with E-state index >= 15 is 0 Å². The third kappa shape index (κ3) is 2.76. The number of hydrogen-bond acceptors (Lipinski definition) is 5. The minimum absolute atomic E-state index is 0.0298. The predicted molar refractivity (Wildman–Crippen MR) is 94.8 cm³/mol. The highest BCUT2D eigenvalue weighted by Gasteiger charge is 2.33. The standard InChI is InChI=1S/C19H16N2O2S/c1-12-11-16(19(22)23-12)24-18-15-10-6-5-9-14(15)17(20-21-18)13-7-3-2-4-8-13/h2-10,12,16H,11H2,1H3/t12-,16+/m0/s1. The molecule has 5 heteroatoms. The van der Waals surface area contributed by atoms with Gasteiger partial charge in [0, 0.05) is 22.8 Å². The molecule has 2 atom stereocenters. The minimum Gasteiger partial charge on any atom is -0.462 e. The maximum absolute atomic E-state index is 11.9. The molecule has 0 aliphatic carbocycles. The van der Waals surface area contributed by atoms with Crippen LogP contribution in [0.2, 0.25) is 0 Å². The third-order valence-electron chi connectivity index (χ3n) is 4.08. The Balaban J connectivity index is 1.78. The van der Waals surface area contributed by atoms with E-state index in [2.05, 4.69) is 10.2 Å². The van der Waals surface area contributed by atoms with Crippen molar-refractivity contribution in [3.63, 3.8) is 0 Å². The summed E-state index contributed by atoms with van der Waals surface area (Å²) in [5.41, 5.74) is 1.89. The second kappa shape index (κ2) is 6.24. The molecule has 3 aromatic rings. The molecule has 0 saturated carbocycles. The van der Waals surface area contributed by atoms with E-state index in [-0.39, 0.29) is 17.3 Å². The van der Waals surface area contributed by atoms with Gasteiger partial charge in [-0.25, -0.2) is 0 Å². The Kier molecular flexibility index (Phi) is 3.94. The van der Waals surface area contributed by atoms with Crippen molar-refractivity contribution in [2.24, 2.45) is 0 Å². The van der Waals surface area contributed by atoms with Crippen molar-refractivity contribution in [1.29, 1.82) is 0 Å². The van der Waals surface area contributed by atoms with E-state index in [1.165, 1.54) is 11.8 Å². The first-order valence-corrected chi connectivity index (χ1v) is 8.78. The zero-order valence-corrected chi connectivity index (χ0v) is 14.0. The quantitative estimate of drug-likeness (QED) is 0.674. The molecule has 1 fully saturated rings. The number of carbonyl (C=O) groups is 1. The van der Waals surface area contributed by atoms with Gasteiger partial charge in [0.1, 0.15) is 22.1 Å². The number of carbonyl (C=O) groups excluding carboxylic acids is 1. The van der Waals surface area contributed by atoms with Gasteiger partial charge >= 0.3 is 5.97 Å². The molecular formula is C19H16N2O2S. The van der Waals surface area contributed by atoms with Crippen molar-refractivity contribution < 1.29 is 9.53 Å². The molecule has 0 bridgehead atoms. The molecule has 0 unspecified atom stereocenters. The Morgan fingerprint density at radius 2 is 1.71 bits per heavy atom. The lowest BCUT2D eigenvalue weighted by Gasteiger charge is -2.10. The maximum atomic E-state index is 11.9. The van der Waals surface area contributed by atoms with Crippen LogP contribution in [0.1, 0.15) is 13.3 Å². The number of nitrogens with zero attached hydrogens (tertiary/aromatic N) is 2. The number of esters is 1. The zero-order valence-electron chi connectivity index (χ0n) is 13.2. The average Bonchev–Trinajstić information content (AvgIpc) is 2.93. The number of benzene rings is 2. The number of ether oxygens (including phenoxy) is 1. The monoisotopic (exact) mass is 336 g/mol.